The zero-order valence-electron chi connectivity index (χ0n) is 12.6. The second-order valence-corrected chi connectivity index (χ2v) is 5.64. The molecule has 2 aromatic rings. The zero-order valence-corrected chi connectivity index (χ0v) is 12.6. The third-order valence-electron chi connectivity index (χ3n) is 4.42. The molecular formula is C18H20N4. The molecule has 4 nitrogen and oxygen atoms in total. The van der Waals surface area contributed by atoms with Gasteiger partial charge in [-0.2, -0.15) is 5.26 Å². The van der Waals surface area contributed by atoms with Gasteiger partial charge in [-0.05, 0) is 30.4 Å². The summed E-state index contributed by atoms with van der Waals surface area (Å²) in [6.45, 7) is 2.22. The Morgan fingerprint density at radius 3 is 2.55 bits per heavy atom. The van der Waals surface area contributed by atoms with E-state index in [1.54, 1.807) is 6.20 Å². The van der Waals surface area contributed by atoms with Gasteiger partial charge in [-0.1, -0.05) is 30.3 Å². The topological polar surface area (TPSA) is 65.9 Å². The van der Waals surface area contributed by atoms with E-state index >= 15 is 0 Å². The van der Waals surface area contributed by atoms with E-state index < -0.39 is 0 Å². The Bertz CT molecular complexity index is 667. The molecule has 0 atom stereocenters. The number of nitrogens with zero attached hydrogens (tertiary/aromatic N) is 3. The molecule has 0 unspecified atom stereocenters. The number of rotatable bonds is 3. The molecule has 4 heteroatoms. The molecule has 112 valence electrons. The van der Waals surface area contributed by atoms with Gasteiger partial charge in [0.2, 0.25) is 0 Å². The summed E-state index contributed by atoms with van der Waals surface area (Å²) in [6.07, 6.45) is 3.96. The molecule has 0 spiro atoms. The molecule has 0 amide bonds. The maximum Gasteiger partial charge on any atom is 0.103 e. The van der Waals surface area contributed by atoms with E-state index in [2.05, 4.69) is 46.3 Å². The first-order chi connectivity index (χ1) is 10.8. The highest BCUT2D eigenvalue weighted by atomic mass is 15.1. The molecule has 1 aliphatic heterocycles. The van der Waals surface area contributed by atoms with Crippen LogP contribution in [0.3, 0.4) is 0 Å². The highest BCUT2D eigenvalue weighted by Crippen LogP contribution is 2.32. The van der Waals surface area contributed by atoms with Gasteiger partial charge in [-0.15, -0.1) is 0 Å². The molecule has 0 bridgehead atoms. The van der Waals surface area contributed by atoms with Gasteiger partial charge in [-0.25, -0.2) is 0 Å². The summed E-state index contributed by atoms with van der Waals surface area (Å²) in [5, 5.41) is 9.42. The number of anilines is 1. The van der Waals surface area contributed by atoms with Crippen molar-refractivity contribution in [2.75, 3.05) is 18.0 Å². The normalized spacial score (nSPS) is 15.5. The smallest absolute Gasteiger partial charge is 0.103 e. The van der Waals surface area contributed by atoms with Crippen molar-refractivity contribution in [2.24, 2.45) is 5.73 Å². The van der Waals surface area contributed by atoms with Gasteiger partial charge in [0.15, 0.2) is 0 Å². The van der Waals surface area contributed by atoms with Crippen molar-refractivity contribution in [2.45, 2.75) is 25.3 Å². The van der Waals surface area contributed by atoms with Crippen LogP contribution in [0.4, 0.5) is 5.69 Å². The van der Waals surface area contributed by atoms with Crippen molar-refractivity contribution in [1.82, 2.24) is 4.98 Å². The summed E-state index contributed by atoms with van der Waals surface area (Å²) in [5.41, 5.74) is 9.40. The highest BCUT2D eigenvalue weighted by Gasteiger charge is 2.23. The van der Waals surface area contributed by atoms with E-state index in [-0.39, 0.29) is 0 Å². The molecule has 3 rings (SSSR count). The van der Waals surface area contributed by atoms with E-state index in [9.17, 15) is 5.26 Å². The largest absolute Gasteiger partial charge is 0.370 e. The minimum absolute atomic E-state index is 0.303. The van der Waals surface area contributed by atoms with Gasteiger partial charge in [0.1, 0.15) is 6.07 Å². The number of nitrogens with two attached hydrogens (primary N) is 1. The summed E-state index contributed by atoms with van der Waals surface area (Å²) in [5.74, 6) is 0.610. The lowest BCUT2D eigenvalue weighted by atomic mass is 9.89. The molecular weight excluding hydrogens is 272 g/mol. The third-order valence-corrected chi connectivity index (χ3v) is 4.42. The van der Waals surface area contributed by atoms with Crippen LogP contribution in [0.5, 0.6) is 0 Å². The average Bonchev–Trinajstić information content (AvgIpc) is 2.62. The van der Waals surface area contributed by atoms with Gasteiger partial charge >= 0.3 is 0 Å². The Hall–Kier alpha value is -2.38. The highest BCUT2D eigenvalue weighted by molar-refractivity contribution is 5.61. The second kappa shape index (κ2) is 6.59. The molecule has 1 aliphatic rings. The van der Waals surface area contributed by atoms with Crippen LogP contribution < -0.4 is 10.6 Å². The van der Waals surface area contributed by atoms with E-state index in [0.717, 1.165) is 31.6 Å². The molecule has 1 aromatic heterocycles. The van der Waals surface area contributed by atoms with Gasteiger partial charge in [0, 0.05) is 25.8 Å². The number of hydrogen-bond donors (Lipinski definition) is 1. The zero-order chi connectivity index (χ0) is 15.4. The summed E-state index contributed by atoms with van der Waals surface area (Å²) in [7, 11) is 0. The lowest BCUT2D eigenvalue weighted by molar-refractivity contribution is 0.505. The van der Waals surface area contributed by atoms with Crippen LogP contribution in [0.15, 0.2) is 42.6 Å². The number of piperidine rings is 1. The fourth-order valence-electron chi connectivity index (χ4n) is 3.21. The molecule has 2 N–H and O–H groups in total. The van der Waals surface area contributed by atoms with E-state index in [4.69, 9.17) is 5.73 Å². The Morgan fingerprint density at radius 1 is 1.18 bits per heavy atom. The predicted molar refractivity (Wildman–Crippen MR) is 87.5 cm³/mol. The quantitative estimate of drug-likeness (QED) is 0.944. The summed E-state index contributed by atoms with van der Waals surface area (Å²) in [4.78, 5) is 6.50. The minimum Gasteiger partial charge on any atom is -0.370 e. The maximum absolute atomic E-state index is 9.42. The van der Waals surface area contributed by atoms with Crippen LogP contribution in [0.25, 0.3) is 0 Å². The lowest BCUT2D eigenvalue weighted by Crippen LogP contribution is -2.33. The fourth-order valence-corrected chi connectivity index (χ4v) is 3.21. The monoisotopic (exact) mass is 292 g/mol. The summed E-state index contributed by atoms with van der Waals surface area (Å²) < 4.78 is 0. The Kier molecular flexibility index (Phi) is 4.36. The first-order valence-corrected chi connectivity index (χ1v) is 7.71. The first-order valence-electron chi connectivity index (χ1n) is 7.71. The van der Waals surface area contributed by atoms with Crippen LogP contribution in [-0.2, 0) is 6.54 Å². The van der Waals surface area contributed by atoms with Crippen LogP contribution >= 0.6 is 0 Å². The molecule has 1 saturated heterocycles. The molecule has 0 aliphatic carbocycles. The van der Waals surface area contributed by atoms with E-state index in [0.29, 0.717) is 23.7 Å². The van der Waals surface area contributed by atoms with Crippen molar-refractivity contribution < 1.29 is 0 Å². The van der Waals surface area contributed by atoms with E-state index in [1.807, 2.05) is 6.07 Å². The van der Waals surface area contributed by atoms with Gasteiger partial charge in [-0.3, -0.25) is 4.98 Å². The maximum atomic E-state index is 9.42. The molecule has 1 aromatic carbocycles. The average molecular weight is 292 g/mol. The number of pyridine rings is 1. The predicted octanol–water partition coefficient (Wildman–Crippen LogP) is 2.80. The molecule has 22 heavy (non-hydrogen) atoms. The summed E-state index contributed by atoms with van der Waals surface area (Å²) in [6, 6.07) is 14.9. The second-order valence-electron chi connectivity index (χ2n) is 5.64. The van der Waals surface area contributed by atoms with Crippen molar-refractivity contribution in [3.63, 3.8) is 0 Å². The standard InChI is InChI=1S/C18H20N4/c19-12-16-17(13-20)21-9-6-18(16)22-10-7-15(8-11-22)14-4-2-1-3-5-14/h1-6,9,15H,7-8,10-11,13,20H2. The van der Waals surface area contributed by atoms with Crippen LogP contribution in [0, 0.1) is 11.3 Å². The van der Waals surface area contributed by atoms with E-state index in [1.165, 1.54) is 5.56 Å². The van der Waals surface area contributed by atoms with Crippen molar-refractivity contribution >= 4 is 5.69 Å². The molecule has 1 fully saturated rings. The van der Waals surface area contributed by atoms with Crippen molar-refractivity contribution in [3.05, 3.63) is 59.4 Å². The summed E-state index contributed by atoms with van der Waals surface area (Å²) >= 11 is 0. The van der Waals surface area contributed by atoms with Gasteiger partial charge < -0.3 is 10.6 Å². The van der Waals surface area contributed by atoms with Gasteiger partial charge in [0.25, 0.3) is 0 Å². The minimum atomic E-state index is 0.303. The van der Waals surface area contributed by atoms with Crippen molar-refractivity contribution in [3.8, 4) is 6.07 Å². The number of benzene rings is 1. The first kappa shape index (κ1) is 14.6. The third kappa shape index (κ3) is 2.81. The lowest BCUT2D eigenvalue weighted by Gasteiger charge is -2.34. The number of nitriles is 1. The Labute approximate surface area is 131 Å². The van der Waals surface area contributed by atoms with Crippen LogP contribution in [0.2, 0.25) is 0 Å². The molecule has 2 heterocycles. The van der Waals surface area contributed by atoms with Gasteiger partial charge in [0.05, 0.1) is 16.9 Å². The Morgan fingerprint density at radius 2 is 1.91 bits per heavy atom. The van der Waals surface area contributed by atoms with Crippen LogP contribution in [-0.4, -0.2) is 18.1 Å². The number of aromatic nitrogens is 1. The number of hydrogen-bond acceptors (Lipinski definition) is 4. The fraction of sp³-hybridized carbons (Fsp3) is 0.333. The molecule has 0 saturated carbocycles. The Balaban J connectivity index is 1.76. The van der Waals surface area contributed by atoms with Crippen molar-refractivity contribution in [1.29, 1.82) is 5.26 Å². The SMILES string of the molecule is N#Cc1c(N2CCC(c3ccccc3)CC2)ccnc1CN. The van der Waals surface area contributed by atoms with Crippen LogP contribution in [0.1, 0.15) is 35.6 Å². The molecule has 0 radical (unpaired) electrons.